The van der Waals surface area contributed by atoms with Crippen LogP contribution in [0.25, 0.3) is 33.2 Å². The summed E-state index contributed by atoms with van der Waals surface area (Å²) in [5.74, 6) is 0.290. The molecule has 2 aliphatic rings. The lowest BCUT2D eigenvalue weighted by Gasteiger charge is -2.33. The van der Waals surface area contributed by atoms with Crippen LogP contribution in [-0.4, -0.2) is 51.5 Å². The predicted molar refractivity (Wildman–Crippen MR) is 220 cm³/mol. The van der Waals surface area contributed by atoms with Crippen molar-refractivity contribution in [2.24, 2.45) is 11.7 Å². The Bertz CT molecular complexity index is 2150. The third kappa shape index (κ3) is 10.1. The molecular formula is C45H53N5O5. The Kier molecular flexibility index (Phi) is 13.3. The zero-order valence-electron chi connectivity index (χ0n) is 31.3. The zero-order chi connectivity index (χ0) is 38.2. The molecule has 4 N–H and O–H groups in total. The van der Waals surface area contributed by atoms with E-state index in [9.17, 15) is 19.2 Å². The number of aromatic nitrogens is 2. The van der Waals surface area contributed by atoms with Gasteiger partial charge in [-0.15, -0.1) is 0 Å². The highest BCUT2D eigenvalue weighted by Crippen LogP contribution is 2.32. The van der Waals surface area contributed by atoms with Gasteiger partial charge < -0.3 is 25.7 Å². The number of hydrogen-bond acceptors (Lipinski definition) is 6. The number of ether oxygens (including phenoxy) is 1. The van der Waals surface area contributed by atoms with Gasteiger partial charge in [0.25, 0.3) is 11.5 Å². The van der Waals surface area contributed by atoms with E-state index in [-0.39, 0.29) is 36.8 Å². The molecule has 2 heterocycles. The lowest BCUT2D eigenvalue weighted by atomic mass is 9.88. The SMILES string of the molecule is C.CC(C)(C)OC(=O)N1CCC(c2nc3cccc(-c4ccccc4)c3c(=O)[nH]2)CC1.NC(=O)c1c(NC(=O)C2CCCCC2)cccc1-c1ccccc1. The Morgan fingerprint density at radius 3 is 1.96 bits per heavy atom. The van der Waals surface area contributed by atoms with Crippen molar-refractivity contribution in [1.82, 2.24) is 14.9 Å². The van der Waals surface area contributed by atoms with Gasteiger partial charge in [0.05, 0.1) is 22.2 Å². The lowest BCUT2D eigenvalue weighted by Crippen LogP contribution is -2.41. The number of rotatable bonds is 6. The summed E-state index contributed by atoms with van der Waals surface area (Å²) in [7, 11) is 0. The fraction of sp³-hybridized carbons (Fsp3) is 0.356. The minimum Gasteiger partial charge on any atom is -0.444 e. The second kappa shape index (κ2) is 18.0. The van der Waals surface area contributed by atoms with Crippen LogP contribution in [0.1, 0.15) is 95.2 Å². The van der Waals surface area contributed by atoms with Crippen LogP contribution in [0.4, 0.5) is 10.5 Å². The highest BCUT2D eigenvalue weighted by molar-refractivity contribution is 6.08. The summed E-state index contributed by atoms with van der Waals surface area (Å²) in [6, 6.07) is 30.7. The summed E-state index contributed by atoms with van der Waals surface area (Å²) >= 11 is 0. The van der Waals surface area contributed by atoms with E-state index in [2.05, 4.69) is 10.3 Å². The van der Waals surface area contributed by atoms with E-state index in [1.54, 1.807) is 11.0 Å². The second-order valence-corrected chi connectivity index (χ2v) is 15.0. The molecule has 288 valence electrons. The Balaban J connectivity index is 0.000000212. The number of hydrogen-bond donors (Lipinski definition) is 3. The number of carbonyl (C=O) groups excluding carboxylic acids is 3. The molecule has 55 heavy (non-hydrogen) atoms. The molecule has 1 aliphatic carbocycles. The van der Waals surface area contributed by atoms with E-state index >= 15 is 0 Å². The Hall–Kier alpha value is -5.77. The van der Waals surface area contributed by atoms with E-state index in [0.717, 1.165) is 60.8 Å². The first-order valence-electron chi connectivity index (χ1n) is 18.8. The van der Waals surface area contributed by atoms with Crippen LogP contribution < -0.4 is 16.6 Å². The van der Waals surface area contributed by atoms with Gasteiger partial charge in [-0.2, -0.15) is 0 Å². The third-order valence-corrected chi connectivity index (χ3v) is 10.00. The Labute approximate surface area is 323 Å². The molecule has 0 bridgehead atoms. The monoisotopic (exact) mass is 743 g/mol. The van der Waals surface area contributed by atoms with Crippen molar-refractivity contribution in [2.45, 2.75) is 84.7 Å². The van der Waals surface area contributed by atoms with Gasteiger partial charge in [0.2, 0.25) is 5.91 Å². The summed E-state index contributed by atoms with van der Waals surface area (Å²) in [6.07, 6.45) is 6.40. The molecule has 10 heteroatoms. The van der Waals surface area contributed by atoms with Crippen LogP contribution in [0.2, 0.25) is 0 Å². The minimum atomic E-state index is -0.534. The van der Waals surface area contributed by atoms with Crippen molar-refractivity contribution in [1.29, 1.82) is 0 Å². The van der Waals surface area contributed by atoms with Gasteiger partial charge in [0.15, 0.2) is 0 Å². The number of H-pyrrole nitrogens is 1. The molecule has 0 spiro atoms. The molecule has 10 nitrogen and oxygen atoms in total. The maximum Gasteiger partial charge on any atom is 0.410 e. The number of nitrogens with zero attached hydrogens (tertiary/aromatic N) is 2. The first-order chi connectivity index (χ1) is 26.0. The van der Waals surface area contributed by atoms with Crippen LogP contribution in [0.15, 0.2) is 102 Å². The highest BCUT2D eigenvalue weighted by Gasteiger charge is 2.29. The van der Waals surface area contributed by atoms with Crippen LogP contribution in [-0.2, 0) is 9.53 Å². The summed E-state index contributed by atoms with van der Waals surface area (Å²) < 4.78 is 5.46. The molecule has 1 saturated carbocycles. The van der Waals surface area contributed by atoms with E-state index in [1.165, 1.54) is 6.42 Å². The summed E-state index contributed by atoms with van der Waals surface area (Å²) in [4.78, 5) is 59.4. The lowest BCUT2D eigenvalue weighted by molar-refractivity contribution is -0.120. The molecule has 7 rings (SSSR count). The summed E-state index contributed by atoms with van der Waals surface area (Å²) in [5, 5.41) is 3.54. The average molecular weight is 744 g/mol. The smallest absolute Gasteiger partial charge is 0.410 e. The molecule has 4 aromatic carbocycles. The summed E-state index contributed by atoms with van der Waals surface area (Å²) in [5.41, 5.74) is 10.1. The Morgan fingerprint density at radius 1 is 0.782 bits per heavy atom. The van der Waals surface area contributed by atoms with Gasteiger partial charge in [0.1, 0.15) is 11.4 Å². The number of piperidine rings is 1. The fourth-order valence-electron chi connectivity index (χ4n) is 7.30. The van der Waals surface area contributed by atoms with Gasteiger partial charge in [-0.05, 0) is 80.8 Å². The molecule has 0 radical (unpaired) electrons. The van der Waals surface area contributed by atoms with Crippen molar-refractivity contribution in [3.8, 4) is 22.3 Å². The number of fused-ring (bicyclic) bond motifs is 1. The normalized spacial score (nSPS) is 14.9. The third-order valence-electron chi connectivity index (χ3n) is 10.00. The van der Waals surface area contributed by atoms with Crippen molar-refractivity contribution >= 4 is 34.5 Å². The first kappa shape index (κ1) is 40.4. The minimum absolute atomic E-state index is 0. The molecule has 3 amide bonds. The van der Waals surface area contributed by atoms with E-state index in [0.29, 0.717) is 41.1 Å². The van der Waals surface area contributed by atoms with Crippen molar-refractivity contribution in [3.63, 3.8) is 0 Å². The Morgan fingerprint density at radius 2 is 1.36 bits per heavy atom. The fourth-order valence-corrected chi connectivity index (χ4v) is 7.30. The number of amides is 3. The van der Waals surface area contributed by atoms with Gasteiger partial charge in [-0.3, -0.25) is 14.4 Å². The first-order valence-corrected chi connectivity index (χ1v) is 18.8. The molecule has 1 aromatic heterocycles. The quantitative estimate of drug-likeness (QED) is 0.158. The van der Waals surface area contributed by atoms with Crippen molar-refractivity contribution in [2.75, 3.05) is 18.4 Å². The number of carbonyl (C=O) groups is 3. The standard InChI is InChI=1S/C24H27N3O3.C20H22N2O2.CH4/c1-24(2,3)30-23(29)27-14-12-17(13-15-27)21-25-19-11-7-10-18(20(19)22(28)26-21)16-8-5-4-6-9-16;21-19(23)18-16(14-8-3-1-4-9-14)12-7-13-17(18)22-20(24)15-10-5-2-6-11-15;/h4-11,17H,12-15H2,1-3H3,(H,25,26,28);1,3-4,7-9,12-13,15H,2,5-6,10-11H2,(H2,21,23)(H,22,24);1H4. The molecular weight excluding hydrogens is 691 g/mol. The maximum absolute atomic E-state index is 13.0. The predicted octanol–water partition coefficient (Wildman–Crippen LogP) is 9.31. The van der Waals surface area contributed by atoms with Gasteiger partial charge in [-0.25, -0.2) is 9.78 Å². The number of primary amides is 1. The van der Waals surface area contributed by atoms with Crippen molar-refractivity contribution in [3.05, 3.63) is 119 Å². The molecule has 2 fully saturated rings. The second-order valence-electron chi connectivity index (χ2n) is 15.0. The van der Waals surface area contributed by atoms with Gasteiger partial charge in [-0.1, -0.05) is 112 Å². The molecule has 0 atom stereocenters. The van der Waals surface area contributed by atoms with Crippen LogP contribution >= 0.6 is 0 Å². The van der Waals surface area contributed by atoms with Gasteiger partial charge in [0, 0.05) is 24.9 Å². The average Bonchev–Trinajstić information content (AvgIpc) is 3.18. The number of likely N-dealkylation sites (tertiary alicyclic amines) is 1. The number of benzene rings is 4. The molecule has 0 unspecified atom stereocenters. The van der Waals surface area contributed by atoms with E-state index in [4.69, 9.17) is 15.5 Å². The number of aromatic amines is 1. The molecule has 1 aliphatic heterocycles. The van der Waals surface area contributed by atoms with Crippen LogP contribution in [0, 0.1) is 5.92 Å². The van der Waals surface area contributed by atoms with E-state index in [1.807, 2.05) is 112 Å². The number of nitrogens with two attached hydrogens (primary N) is 1. The highest BCUT2D eigenvalue weighted by atomic mass is 16.6. The largest absolute Gasteiger partial charge is 0.444 e. The maximum atomic E-state index is 13.0. The van der Waals surface area contributed by atoms with Crippen LogP contribution in [0.5, 0.6) is 0 Å². The van der Waals surface area contributed by atoms with Crippen LogP contribution in [0.3, 0.4) is 0 Å². The van der Waals surface area contributed by atoms with E-state index < -0.39 is 11.5 Å². The summed E-state index contributed by atoms with van der Waals surface area (Å²) in [6.45, 7) is 6.78. The molecule has 1 saturated heterocycles. The van der Waals surface area contributed by atoms with Gasteiger partial charge >= 0.3 is 6.09 Å². The number of anilines is 1. The topological polar surface area (TPSA) is 147 Å². The number of nitrogens with one attached hydrogen (secondary N) is 2. The zero-order valence-corrected chi connectivity index (χ0v) is 31.3. The van der Waals surface area contributed by atoms with Crippen molar-refractivity contribution < 1.29 is 19.1 Å². The molecule has 5 aromatic rings.